The Bertz CT molecular complexity index is 424. The number of likely N-dealkylation sites (N-methyl/N-ethyl adjacent to an activating group) is 1. The molecule has 5 heteroatoms. The third-order valence-corrected chi connectivity index (χ3v) is 5.27. The molecule has 0 bridgehead atoms. The summed E-state index contributed by atoms with van der Waals surface area (Å²) in [7, 11) is 3.97. The van der Waals surface area contributed by atoms with Crippen LogP contribution in [0.1, 0.15) is 47.5 Å². The maximum Gasteiger partial charge on any atom is 0.232 e. The van der Waals surface area contributed by atoms with Crippen LogP contribution in [-0.2, 0) is 14.3 Å². The molecule has 1 aliphatic rings. The minimum atomic E-state index is -0.182. The zero-order chi connectivity index (χ0) is 17.8. The summed E-state index contributed by atoms with van der Waals surface area (Å²) >= 11 is 0. The molecule has 1 aliphatic heterocycles. The van der Waals surface area contributed by atoms with Gasteiger partial charge in [0.1, 0.15) is 0 Å². The molecule has 1 unspecified atom stereocenters. The number of amides is 2. The van der Waals surface area contributed by atoms with Gasteiger partial charge in [-0.05, 0) is 31.3 Å². The number of carbonyl (C=O) groups is 2. The number of rotatable bonds is 8. The van der Waals surface area contributed by atoms with Gasteiger partial charge in [-0.3, -0.25) is 14.5 Å². The van der Waals surface area contributed by atoms with Crippen LogP contribution in [0.15, 0.2) is 0 Å². The Morgan fingerprint density at radius 3 is 2.26 bits per heavy atom. The molecule has 0 aromatic heterocycles. The highest BCUT2D eigenvalue weighted by molar-refractivity contribution is 6.03. The first kappa shape index (κ1) is 20.1. The van der Waals surface area contributed by atoms with E-state index in [-0.39, 0.29) is 28.6 Å². The predicted molar refractivity (Wildman–Crippen MR) is 92.1 cm³/mol. The van der Waals surface area contributed by atoms with E-state index < -0.39 is 0 Å². The number of carbonyl (C=O) groups excluding carboxylic acids is 2. The summed E-state index contributed by atoms with van der Waals surface area (Å²) < 4.78 is 5.51. The molecule has 0 saturated carbocycles. The molecule has 1 saturated heterocycles. The monoisotopic (exact) mass is 326 g/mol. The highest BCUT2D eigenvalue weighted by Gasteiger charge is 2.43. The van der Waals surface area contributed by atoms with Crippen LogP contribution in [-0.4, -0.2) is 62.0 Å². The van der Waals surface area contributed by atoms with E-state index in [9.17, 15) is 9.59 Å². The summed E-state index contributed by atoms with van der Waals surface area (Å²) in [5, 5.41) is 0. The molecule has 0 spiro atoms. The molecular formula is C18H34N2O3. The van der Waals surface area contributed by atoms with Gasteiger partial charge in [0, 0.05) is 18.9 Å². The van der Waals surface area contributed by atoms with Gasteiger partial charge in [0.25, 0.3) is 0 Å². The van der Waals surface area contributed by atoms with Crippen LogP contribution >= 0.6 is 0 Å². The molecule has 5 nitrogen and oxygen atoms in total. The van der Waals surface area contributed by atoms with E-state index in [1.54, 1.807) is 0 Å². The molecule has 1 fully saturated rings. The first-order valence-corrected chi connectivity index (χ1v) is 8.52. The van der Waals surface area contributed by atoms with Crippen LogP contribution < -0.4 is 0 Å². The van der Waals surface area contributed by atoms with Crippen molar-refractivity contribution in [3.63, 3.8) is 0 Å². The summed E-state index contributed by atoms with van der Waals surface area (Å²) in [6.45, 7) is 13.2. The van der Waals surface area contributed by atoms with Gasteiger partial charge in [-0.15, -0.1) is 0 Å². The Labute approximate surface area is 141 Å². The predicted octanol–water partition coefficient (Wildman–Crippen LogP) is 2.40. The Hall–Kier alpha value is -0.940. The zero-order valence-corrected chi connectivity index (χ0v) is 15.9. The SMILES string of the molecule is CN(C)CCOCCN1C(=O)CC(CC(C)(C)C(C)(C)C)C1=O. The van der Waals surface area contributed by atoms with Crippen molar-refractivity contribution in [2.45, 2.75) is 47.5 Å². The van der Waals surface area contributed by atoms with E-state index in [4.69, 9.17) is 4.74 Å². The minimum absolute atomic E-state index is 0.00578. The third-order valence-electron chi connectivity index (χ3n) is 5.27. The van der Waals surface area contributed by atoms with E-state index in [2.05, 4.69) is 34.6 Å². The highest BCUT2D eigenvalue weighted by atomic mass is 16.5. The second kappa shape index (κ2) is 7.75. The summed E-state index contributed by atoms with van der Waals surface area (Å²) in [5.74, 6) is -0.261. The van der Waals surface area contributed by atoms with Gasteiger partial charge < -0.3 is 9.64 Å². The quantitative estimate of drug-likeness (QED) is 0.508. The number of hydrogen-bond acceptors (Lipinski definition) is 4. The Kier molecular flexibility index (Phi) is 6.78. The maximum absolute atomic E-state index is 12.5. The Morgan fingerprint density at radius 2 is 1.74 bits per heavy atom. The van der Waals surface area contributed by atoms with Gasteiger partial charge in [-0.25, -0.2) is 0 Å². The van der Waals surface area contributed by atoms with Crippen LogP contribution in [0.5, 0.6) is 0 Å². The van der Waals surface area contributed by atoms with Crippen LogP contribution in [0.3, 0.4) is 0 Å². The number of likely N-dealkylation sites (tertiary alicyclic amines) is 1. The molecule has 1 rings (SSSR count). The van der Waals surface area contributed by atoms with Crippen molar-refractivity contribution in [1.82, 2.24) is 9.80 Å². The molecule has 0 aliphatic carbocycles. The van der Waals surface area contributed by atoms with Crippen molar-refractivity contribution in [3.05, 3.63) is 0 Å². The lowest BCUT2D eigenvalue weighted by Gasteiger charge is -2.40. The fourth-order valence-electron chi connectivity index (χ4n) is 2.57. The third kappa shape index (κ3) is 5.57. The van der Waals surface area contributed by atoms with Gasteiger partial charge in [0.15, 0.2) is 0 Å². The van der Waals surface area contributed by atoms with Crippen molar-refractivity contribution in [2.24, 2.45) is 16.7 Å². The number of ether oxygens (including phenoxy) is 1. The largest absolute Gasteiger partial charge is 0.378 e. The molecule has 134 valence electrons. The summed E-state index contributed by atoms with van der Waals surface area (Å²) in [6.07, 6.45) is 1.09. The molecule has 0 radical (unpaired) electrons. The fourth-order valence-corrected chi connectivity index (χ4v) is 2.57. The minimum Gasteiger partial charge on any atom is -0.378 e. The van der Waals surface area contributed by atoms with E-state index in [0.29, 0.717) is 26.2 Å². The lowest BCUT2D eigenvalue weighted by Crippen LogP contribution is -2.37. The highest BCUT2D eigenvalue weighted by Crippen LogP contribution is 2.44. The molecule has 0 aromatic carbocycles. The maximum atomic E-state index is 12.5. The lowest BCUT2D eigenvalue weighted by atomic mass is 9.65. The topological polar surface area (TPSA) is 49.9 Å². The Balaban J connectivity index is 2.50. The fraction of sp³-hybridized carbons (Fsp3) is 0.889. The van der Waals surface area contributed by atoms with Gasteiger partial charge in [0.05, 0.1) is 19.8 Å². The molecule has 0 N–H and O–H groups in total. The molecule has 23 heavy (non-hydrogen) atoms. The van der Waals surface area contributed by atoms with Crippen LogP contribution in [0.25, 0.3) is 0 Å². The number of nitrogens with zero attached hydrogens (tertiary/aromatic N) is 2. The van der Waals surface area contributed by atoms with Gasteiger partial charge in [-0.2, -0.15) is 0 Å². The molecule has 2 amide bonds. The van der Waals surface area contributed by atoms with Crippen molar-refractivity contribution in [3.8, 4) is 0 Å². The Morgan fingerprint density at radius 1 is 1.13 bits per heavy atom. The van der Waals surface area contributed by atoms with Crippen LogP contribution in [0, 0.1) is 16.7 Å². The van der Waals surface area contributed by atoms with Crippen molar-refractivity contribution < 1.29 is 14.3 Å². The van der Waals surface area contributed by atoms with E-state index in [1.807, 2.05) is 19.0 Å². The molecule has 0 aromatic rings. The standard InChI is InChI=1S/C18H34N2O3/c1-17(2,3)18(4,5)13-14-12-15(21)20(16(14)22)9-11-23-10-8-19(6)7/h14H,8-13H2,1-7H3. The van der Waals surface area contributed by atoms with Crippen LogP contribution in [0.2, 0.25) is 0 Å². The molecule has 1 atom stereocenters. The summed E-state index contributed by atoms with van der Waals surface area (Å²) in [6, 6.07) is 0. The normalized spacial score (nSPS) is 20.0. The smallest absolute Gasteiger partial charge is 0.232 e. The summed E-state index contributed by atoms with van der Waals surface area (Å²) in [5.41, 5.74) is 0.102. The number of imide groups is 1. The van der Waals surface area contributed by atoms with Crippen LogP contribution in [0.4, 0.5) is 0 Å². The van der Waals surface area contributed by atoms with Crippen molar-refractivity contribution in [2.75, 3.05) is 40.4 Å². The first-order chi connectivity index (χ1) is 10.5. The van der Waals surface area contributed by atoms with Gasteiger partial charge in [-0.1, -0.05) is 34.6 Å². The summed E-state index contributed by atoms with van der Waals surface area (Å²) in [4.78, 5) is 28.1. The molecular weight excluding hydrogens is 292 g/mol. The van der Waals surface area contributed by atoms with Gasteiger partial charge in [0.2, 0.25) is 11.8 Å². The van der Waals surface area contributed by atoms with E-state index in [1.165, 1.54) is 4.90 Å². The van der Waals surface area contributed by atoms with E-state index >= 15 is 0 Å². The second-order valence-corrected chi connectivity index (χ2v) is 8.54. The van der Waals surface area contributed by atoms with Gasteiger partial charge >= 0.3 is 0 Å². The molecule has 1 heterocycles. The number of hydrogen-bond donors (Lipinski definition) is 0. The average molecular weight is 326 g/mol. The van der Waals surface area contributed by atoms with Crippen molar-refractivity contribution in [1.29, 1.82) is 0 Å². The lowest BCUT2D eigenvalue weighted by molar-refractivity contribution is -0.140. The first-order valence-electron chi connectivity index (χ1n) is 8.52. The second-order valence-electron chi connectivity index (χ2n) is 8.54. The zero-order valence-electron chi connectivity index (χ0n) is 15.9. The average Bonchev–Trinajstić information content (AvgIpc) is 2.63. The van der Waals surface area contributed by atoms with E-state index in [0.717, 1.165) is 13.0 Å². The van der Waals surface area contributed by atoms with Crippen molar-refractivity contribution >= 4 is 11.8 Å².